The van der Waals surface area contributed by atoms with E-state index in [-0.39, 0.29) is 6.61 Å². The summed E-state index contributed by atoms with van der Waals surface area (Å²) in [5.41, 5.74) is 0. The van der Waals surface area contributed by atoms with Crippen LogP contribution in [0.2, 0.25) is 0 Å². The Kier molecular flexibility index (Phi) is 5.04. The van der Waals surface area contributed by atoms with Crippen molar-refractivity contribution in [1.29, 1.82) is 0 Å². The van der Waals surface area contributed by atoms with Gasteiger partial charge in [0.05, 0.1) is 19.8 Å². The van der Waals surface area contributed by atoms with Crippen LogP contribution in [0, 0.1) is 0 Å². The lowest BCUT2D eigenvalue weighted by Crippen LogP contribution is -2.43. The number of carbonyl (C=O) groups is 2. The molecule has 1 aliphatic heterocycles. The van der Waals surface area contributed by atoms with Gasteiger partial charge in [-0.25, -0.2) is 9.59 Å². The second kappa shape index (κ2) is 6.32. The summed E-state index contributed by atoms with van der Waals surface area (Å²) in [5, 5.41) is 0. The molecule has 0 aliphatic carbocycles. The Bertz CT molecular complexity index is 250. The third-order valence-electron chi connectivity index (χ3n) is 2.17. The van der Waals surface area contributed by atoms with Gasteiger partial charge >= 0.3 is 12.1 Å². The van der Waals surface area contributed by atoms with Crippen LogP contribution in [0.3, 0.4) is 0 Å². The maximum absolute atomic E-state index is 11.6. The van der Waals surface area contributed by atoms with Crippen LogP contribution in [-0.2, 0) is 19.0 Å². The smallest absolute Gasteiger partial charge is 0.410 e. The van der Waals surface area contributed by atoms with Gasteiger partial charge in [0.25, 0.3) is 0 Å². The Morgan fingerprint density at radius 3 is 2.56 bits per heavy atom. The molecule has 0 aromatic rings. The van der Waals surface area contributed by atoms with Crippen LogP contribution < -0.4 is 0 Å². The second-order valence-corrected chi connectivity index (χ2v) is 3.38. The van der Waals surface area contributed by atoms with Gasteiger partial charge in [-0.15, -0.1) is 0 Å². The molecule has 0 aromatic heterocycles. The number of carbonyl (C=O) groups excluding carboxylic acids is 2. The number of ether oxygens (including phenoxy) is 3. The van der Waals surface area contributed by atoms with Gasteiger partial charge in [0, 0.05) is 13.1 Å². The lowest BCUT2D eigenvalue weighted by molar-refractivity contribution is -0.152. The summed E-state index contributed by atoms with van der Waals surface area (Å²) in [5.74, 6) is -0.524. The van der Waals surface area contributed by atoms with Crippen LogP contribution >= 0.6 is 0 Å². The SMILES string of the molecule is CCOC(=O)[C@H](C)OC(=O)N1CCOCC1. The van der Waals surface area contributed by atoms with Gasteiger partial charge in [-0.2, -0.15) is 0 Å². The van der Waals surface area contributed by atoms with Crippen molar-refractivity contribution in [3.8, 4) is 0 Å². The van der Waals surface area contributed by atoms with E-state index in [0.29, 0.717) is 26.3 Å². The van der Waals surface area contributed by atoms with Gasteiger partial charge in [0.2, 0.25) is 0 Å². The molecule has 0 N–H and O–H groups in total. The largest absolute Gasteiger partial charge is 0.463 e. The van der Waals surface area contributed by atoms with Crippen molar-refractivity contribution < 1.29 is 23.8 Å². The van der Waals surface area contributed by atoms with Gasteiger partial charge in [0.15, 0.2) is 6.10 Å². The zero-order chi connectivity index (χ0) is 12.0. The minimum absolute atomic E-state index is 0.276. The number of morpholine rings is 1. The molecule has 0 saturated carbocycles. The van der Waals surface area contributed by atoms with E-state index in [2.05, 4.69) is 0 Å². The molecular formula is C10H17NO5. The molecule has 0 aromatic carbocycles. The van der Waals surface area contributed by atoms with Crippen LogP contribution in [0.5, 0.6) is 0 Å². The third kappa shape index (κ3) is 3.69. The average Bonchev–Trinajstić information content (AvgIpc) is 2.30. The summed E-state index contributed by atoms with van der Waals surface area (Å²) >= 11 is 0. The van der Waals surface area contributed by atoms with Crippen molar-refractivity contribution in [2.45, 2.75) is 20.0 Å². The number of rotatable bonds is 3. The normalized spacial score (nSPS) is 17.8. The first kappa shape index (κ1) is 12.8. The maximum Gasteiger partial charge on any atom is 0.410 e. The van der Waals surface area contributed by atoms with Crippen molar-refractivity contribution in [3.05, 3.63) is 0 Å². The van der Waals surface area contributed by atoms with E-state index in [9.17, 15) is 9.59 Å². The first-order valence-corrected chi connectivity index (χ1v) is 5.35. The van der Waals surface area contributed by atoms with Gasteiger partial charge in [0.1, 0.15) is 0 Å². The molecule has 1 saturated heterocycles. The first-order valence-electron chi connectivity index (χ1n) is 5.35. The molecule has 1 atom stereocenters. The molecule has 6 nitrogen and oxygen atoms in total. The van der Waals surface area contributed by atoms with E-state index >= 15 is 0 Å². The molecular weight excluding hydrogens is 214 g/mol. The summed E-state index contributed by atoms with van der Waals surface area (Å²) in [6.07, 6.45) is -1.36. The first-order chi connectivity index (χ1) is 7.65. The predicted molar refractivity (Wildman–Crippen MR) is 55.0 cm³/mol. The fraction of sp³-hybridized carbons (Fsp3) is 0.800. The molecule has 6 heteroatoms. The van der Waals surface area contributed by atoms with Crippen LogP contribution in [0.1, 0.15) is 13.8 Å². The monoisotopic (exact) mass is 231 g/mol. The zero-order valence-electron chi connectivity index (χ0n) is 9.60. The summed E-state index contributed by atoms with van der Waals surface area (Å²) < 4.78 is 14.8. The highest BCUT2D eigenvalue weighted by atomic mass is 16.6. The molecule has 16 heavy (non-hydrogen) atoms. The van der Waals surface area contributed by atoms with Crippen LogP contribution in [0.4, 0.5) is 4.79 Å². The second-order valence-electron chi connectivity index (χ2n) is 3.38. The number of hydrogen-bond acceptors (Lipinski definition) is 5. The Labute approximate surface area is 94.4 Å². The van der Waals surface area contributed by atoms with Crippen molar-refractivity contribution in [1.82, 2.24) is 4.90 Å². The summed E-state index contributed by atoms with van der Waals surface area (Å²) in [6.45, 7) is 5.47. The van der Waals surface area contributed by atoms with E-state index in [1.54, 1.807) is 6.92 Å². The summed E-state index contributed by atoms with van der Waals surface area (Å²) in [6, 6.07) is 0. The van der Waals surface area contributed by atoms with Crippen LogP contribution in [-0.4, -0.2) is 56.0 Å². The lowest BCUT2D eigenvalue weighted by atomic mass is 10.4. The number of esters is 1. The molecule has 1 heterocycles. The molecule has 0 spiro atoms. The van der Waals surface area contributed by atoms with E-state index in [0.717, 1.165) is 0 Å². The average molecular weight is 231 g/mol. The van der Waals surface area contributed by atoms with Gasteiger partial charge in [-0.05, 0) is 13.8 Å². The highest BCUT2D eigenvalue weighted by Crippen LogP contribution is 2.03. The molecule has 0 radical (unpaired) electrons. The van der Waals surface area contributed by atoms with Crippen LogP contribution in [0.25, 0.3) is 0 Å². The maximum atomic E-state index is 11.6. The summed E-state index contributed by atoms with van der Waals surface area (Å²) in [4.78, 5) is 24.3. The molecule has 0 unspecified atom stereocenters. The molecule has 1 aliphatic rings. The minimum Gasteiger partial charge on any atom is -0.463 e. The molecule has 0 bridgehead atoms. The van der Waals surface area contributed by atoms with E-state index in [1.165, 1.54) is 11.8 Å². The highest BCUT2D eigenvalue weighted by Gasteiger charge is 2.24. The van der Waals surface area contributed by atoms with Gasteiger partial charge in [-0.3, -0.25) is 0 Å². The number of amides is 1. The molecule has 92 valence electrons. The van der Waals surface area contributed by atoms with Crippen molar-refractivity contribution in [2.24, 2.45) is 0 Å². The van der Waals surface area contributed by atoms with Gasteiger partial charge < -0.3 is 19.1 Å². The van der Waals surface area contributed by atoms with Crippen molar-refractivity contribution in [2.75, 3.05) is 32.9 Å². The molecule has 1 rings (SSSR count). The number of hydrogen-bond donors (Lipinski definition) is 0. The topological polar surface area (TPSA) is 65.1 Å². The highest BCUT2D eigenvalue weighted by molar-refractivity contribution is 5.78. The fourth-order valence-electron chi connectivity index (χ4n) is 1.28. The third-order valence-corrected chi connectivity index (χ3v) is 2.17. The van der Waals surface area contributed by atoms with Crippen molar-refractivity contribution >= 4 is 12.1 Å². The van der Waals surface area contributed by atoms with E-state index in [4.69, 9.17) is 14.2 Å². The van der Waals surface area contributed by atoms with E-state index in [1.807, 2.05) is 0 Å². The quantitative estimate of drug-likeness (QED) is 0.658. The molecule has 1 amide bonds. The Hall–Kier alpha value is -1.30. The lowest BCUT2D eigenvalue weighted by Gasteiger charge is -2.26. The van der Waals surface area contributed by atoms with Crippen LogP contribution in [0.15, 0.2) is 0 Å². The Morgan fingerprint density at radius 2 is 2.00 bits per heavy atom. The Morgan fingerprint density at radius 1 is 1.38 bits per heavy atom. The number of nitrogens with zero attached hydrogens (tertiary/aromatic N) is 1. The van der Waals surface area contributed by atoms with Crippen molar-refractivity contribution in [3.63, 3.8) is 0 Å². The zero-order valence-corrected chi connectivity index (χ0v) is 9.60. The minimum atomic E-state index is -0.865. The molecule has 1 fully saturated rings. The standard InChI is InChI=1S/C10H17NO5/c1-3-15-9(12)8(2)16-10(13)11-4-6-14-7-5-11/h8H,3-7H2,1-2H3/t8-/m0/s1. The van der Waals surface area contributed by atoms with E-state index < -0.39 is 18.2 Å². The predicted octanol–water partition coefficient (Wildman–Crippen LogP) is 0.407. The Balaban J connectivity index is 2.34. The fourth-order valence-corrected chi connectivity index (χ4v) is 1.28. The summed E-state index contributed by atoms with van der Waals surface area (Å²) in [7, 11) is 0. The van der Waals surface area contributed by atoms with Gasteiger partial charge in [-0.1, -0.05) is 0 Å².